The van der Waals surface area contributed by atoms with Crippen molar-refractivity contribution in [1.82, 2.24) is 14.9 Å². The van der Waals surface area contributed by atoms with Gasteiger partial charge >= 0.3 is 5.95 Å². The molecule has 0 unspecified atom stereocenters. The lowest BCUT2D eigenvalue weighted by Gasteiger charge is -2.20. The fourth-order valence-electron chi connectivity index (χ4n) is 4.82. The Hall–Kier alpha value is -4.71. The number of carbonyl (C=O) groups excluding carboxylic acids is 2. The standard InChI is InChI=1S/C27H29FN8O3/c1-14-12-30-25-22(14)26(31-17-7-5-6-16(28)23(17)24(29)38)34-27(33-25)32-18-11-19-15(10-20(18)39-4)8-9-36(19)21(37)13-35(2)3/h5-7,10-12H,8-9,13H2,1-4H3,(H2,29,38)(H3,30,31,32,33,34)/p+1. The number of anilines is 5. The number of halogens is 1. The highest BCUT2D eigenvalue weighted by molar-refractivity contribution is 6.01. The topological polar surface area (TPSA) is 143 Å². The van der Waals surface area contributed by atoms with Crippen LogP contribution in [0.15, 0.2) is 36.5 Å². The summed E-state index contributed by atoms with van der Waals surface area (Å²) in [5.41, 5.74) is 9.34. The normalized spacial score (nSPS) is 12.6. The molecule has 2 aromatic heterocycles. The number of aromatic nitrogens is 3. The van der Waals surface area contributed by atoms with E-state index in [9.17, 15) is 14.0 Å². The van der Waals surface area contributed by atoms with Crippen LogP contribution in [-0.2, 0) is 11.2 Å². The second-order valence-electron chi connectivity index (χ2n) is 9.65. The van der Waals surface area contributed by atoms with Gasteiger partial charge in [-0.3, -0.25) is 19.9 Å². The van der Waals surface area contributed by atoms with Crippen LogP contribution in [0.25, 0.3) is 11.0 Å². The largest absolute Gasteiger partial charge is 0.493 e. The number of rotatable bonds is 8. The van der Waals surface area contributed by atoms with Gasteiger partial charge in [-0.15, -0.1) is 0 Å². The Bertz CT molecular complexity index is 1600. The molecule has 4 aromatic rings. The first-order valence-electron chi connectivity index (χ1n) is 12.4. The van der Waals surface area contributed by atoms with E-state index in [1.54, 1.807) is 18.1 Å². The number of H-pyrrole nitrogens is 2. The summed E-state index contributed by atoms with van der Waals surface area (Å²) in [4.78, 5) is 39.5. The molecule has 2 aromatic carbocycles. The number of hydrogen-bond acceptors (Lipinski definition) is 7. The number of ether oxygens (including phenoxy) is 1. The summed E-state index contributed by atoms with van der Waals surface area (Å²) < 4.78 is 20.1. The van der Waals surface area contributed by atoms with Crippen LogP contribution in [0.1, 0.15) is 21.5 Å². The number of hydrogen-bond donors (Lipinski definition) is 4. The molecule has 0 fully saturated rings. The number of likely N-dealkylation sites (N-methyl/N-ethyl adjacent to an activating group) is 1. The number of methoxy groups -OCH3 is 1. The van der Waals surface area contributed by atoms with Crippen molar-refractivity contribution < 1.29 is 23.7 Å². The molecule has 0 spiro atoms. The number of nitrogens with two attached hydrogens (primary N) is 1. The van der Waals surface area contributed by atoms with Crippen LogP contribution < -0.4 is 31.0 Å². The van der Waals surface area contributed by atoms with E-state index < -0.39 is 11.7 Å². The molecule has 3 heterocycles. The van der Waals surface area contributed by atoms with E-state index in [0.717, 1.165) is 28.6 Å². The van der Waals surface area contributed by atoms with Gasteiger partial charge in [-0.1, -0.05) is 11.1 Å². The summed E-state index contributed by atoms with van der Waals surface area (Å²) in [6.45, 7) is 2.79. The minimum absolute atomic E-state index is 0.00895. The quantitative estimate of drug-likeness (QED) is 0.273. The molecule has 0 bridgehead atoms. The SMILES string of the molecule is COc1cc2c(cc1Nc1nc(Nc3cccc(F)c3C(N)=O)c3c(C)c[nH]c3[nH+]1)N(C(=O)CN(C)C)CC2. The van der Waals surface area contributed by atoms with Crippen molar-refractivity contribution in [2.45, 2.75) is 13.3 Å². The van der Waals surface area contributed by atoms with Gasteiger partial charge in [-0.2, -0.15) is 0 Å². The zero-order valence-corrected chi connectivity index (χ0v) is 22.1. The second-order valence-corrected chi connectivity index (χ2v) is 9.65. The summed E-state index contributed by atoms with van der Waals surface area (Å²) in [6.07, 6.45) is 2.54. The molecule has 2 amide bonds. The summed E-state index contributed by atoms with van der Waals surface area (Å²) in [6, 6.07) is 8.01. The first-order valence-corrected chi connectivity index (χ1v) is 12.4. The number of aryl methyl sites for hydroxylation is 1. The average molecular weight is 534 g/mol. The van der Waals surface area contributed by atoms with E-state index in [2.05, 4.69) is 20.6 Å². The number of nitrogens with one attached hydrogen (secondary N) is 4. The zero-order valence-electron chi connectivity index (χ0n) is 22.1. The summed E-state index contributed by atoms with van der Waals surface area (Å²) in [5, 5.41) is 7.07. The second kappa shape index (κ2) is 10.2. The number of fused-ring (bicyclic) bond motifs is 2. The van der Waals surface area contributed by atoms with Crippen LogP contribution >= 0.6 is 0 Å². The molecule has 1 aliphatic heterocycles. The number of primary amides is 1. The minimum atomic E-state index is -0.894. The monoisotopic (exact) mass is 533 g/mol. The Morgan fingerprint density at radius 2 is 2.05 bits per heavy atom. The number of carbonyl (C=O) groups is 2. The fourth-order valence-corrected chi connectivity index (χ4v) is 4.82. The van der Waals surface area contributed by atoms with E-state index >= 15 is 0 Å². The molecular weight excluding hydrogens is 503 g/mol. The molecule has 202 valence electrons. The maximum atomic E-state index is 14.4. The van der Waals surface area contributed by atoms with Gasteiger partial charge in [0.25, 0.3) is 5.91 Å². The molecule has 6 N–H and O–H groups in total. The predicted molar refractivity (Wildman–Crippen MR) is 146 cm³/mol. The van der Waals surface area contributed by atoms with Gasteiger partial charge in [-0.25, -0.2) is 9.37 Å². The maximum absolute atomic E-state index is 14.4. The molecule has 12 heteroatoms. The van der Waals surface area contributed by atoms with Gasteiger partial charge in [0.2, 0.25) is 17.4 Å². The molecular formula is C27H30FN8O3+. The van der Waals surface area contributed by atoms with Crippen molar-refractivity contribution in [3.8, 4) is 5.75 Å². The average Bonchev–Trinajstić information content (AvgIpc) is 3.46. The van der Waals surface area contributed by atoms with Gasteiger partial charge in [-0.05, 0) is 56.8 Å². The van der Waals surface area contributed by atoms with Crippen LogP contribution in [-0.4, -0.2) is 61.0 Å². The van der Waals surface area contributed by atoms with Crippen LogP contribution in [0.3, 0.4) is 0 Å². The molecule has 0 saturated carbocycles. The third kappa shape index (κ3) is 4.93. The van der Waals surface area contributed by atoms with Crippen molar-refractivity contribution in [2.24, 2.45) is 5.73 Å². The smallest absolute Gasteiger partial charge is 0.351 e. The fraction of sp³-hybridized carbons (Fsp3) is 0.259. The Kier molecular flexibility index (Phi) is 6.79. The van der Waals surface area contributed by atoms with Crippen LogP contribution in [0.4, 0.5) is 33.2 Å². The molecule has 0 saturated heterocycles. The molecule has 11 nitrogen and oxygen atoms in total. The lowest BCUT2D eigenvalue weighted by Crippen LogP contribution is -2.36. The Balaban J connectivity index is 1.55. The van der Waals surface area contributed by atoms with Crippen LogP contribution in [0.2, 0.25) is 0 Å². The number of benzene rings is 2. The number of nitrogens with zero attached hydrogens (tertiary/aromatic N) is 3. The first-order chi connectivity index (χ1) is 18.7. The van der Waals surface area contributed by atoms with Crippen molar-refractivity contribution in [1.29, 1.82) is 0 Å². The van der Waals surface area contributed by atoms with Crippen molar-refractivity contribution in [3.63, 3.8) is 0 Å². The molecule has 1 aliphatic rings. The van der Waals surface area contributed by atoms with Crippen molar-refractivity contribution in [3.05, 3.63) is 59.0 Å². The van der Waals surface area contributed by atoms with E-state index in [4.69, 9.17) is 15.5 Å². The lowest BCUT2D eigenvalue weighted by molar-refractivity contribution is -0.333. The van der Waals surface area contributed by atoms with Crippen LogP contribution in [0.5, 0.6) is 5.75 Å². The number of aromatic amines is 2. The molecule has 5 rings (SSSR count). The molecule has 0 aliphatic carbocycles. The van der Waals surface area contributed by atoms with E-state index in [-0.39, 0.29) is 17.2 Å². The van der Waals surface area contributed by atoms with Gasteiger partial charge < -0.3 is 25.6 Å². The minimum Gasteiger partial charge on any atom is -0.493 e. The third-order valence-electron chi connectivity index (χ3n) is 6.60. The Labute approximate surface area is 224 Å². The number of amides is 2. The van der Waals surface area contributed by atoms with Gasteiger partial charge in [0, 0.05) is 18.8 Å². The predicted octanol–water partition coefficient (Wildman–Crippen LogP) is 2.87. The van der Waals surface area contributed by atoms with E-state index in [0.29, 0.717) is 41.9 Å². The highest BCUT2D eigenvalue weighted by Crippen LogP contribution is 2.38. The Morgan fingerprint density at radius 1 is 1.26 bits per heavy atom. The summed E-state index contributed by atoms with van der Waals surface area (Å²) in [7, 11) is 5.29. The third-order valence-corrected chi connectivity index (χ3v) is 6.60. The van der Waals surface area contributed by atoms with Crippen molar-refractivity contribution >= 4 is 51.7 Å². The first kappa shape index (κ1) is 25.9. The van der Waals surface area contributed by atoms with Gasteiger partial charge in [0.15, 0.2) is 5.75 Å². The van der Waals surface area contributed by atoms with E-state index in [1.807, 2.05) is 44.2 Å². The van der Waals surface area contributed by atoms with Gasteiger partial charge in [0.1, 0.15) is 16.9 Å². The molecule has 0 atom stereocenters. The maximum Gasteiger partial charge on any atom is 0.351 e. The highest BCUT2D eigenvalue weighted by atomic mass is 19.1. The van der Waals surface area contributed by atoms with Gasteiger partial charge in [0.05, 0.1) is 30.6 Å². The summed E-state index contributed by atoms with van der Waals surface area (Å²) in [5.74, 6) is -0.312. The molecule has 0 radical (unpaired) electrons. The van der Waals surface area contributed by atoms with Crippen molar-refractivity contribution in [2.75, 3.05) is 49.8 Å². The lowest BCUT2D eigenvalue weighted by atomic mass is 10.1. The van der Waals surface area contributed by atoms with Crippen LogP contribution in [0, 0.1) is 12.7 Å². The zero-order chi connectivity index (χ0) is 27.8. The highest BCUT2D eigenvalue weighted by Gasteiger charge is 2.28. The molecule has 39 heavy (non-hydrogen) atoms. The summed E-state index contributed by atoms with van der Waals surface area (Å²) >= 11 is 0. The van der Waals surface area contributed by atoms with E-state index in [1.165, 1.54) is 12.1 Å². The Morgan fingerprint density at radius 3 is 2.77 bits per heavy atom.